The van der Waals surface area contributed by atoms with Crippen LogP contribution in [-0.2, 0) is 7.05 Å². The van der Waals surface area contributed by atoms with Gasteiger partial charge in [0.1, 0.15) is 5.82 Å². The Kier molecular flexibility index (Phi) is 3.20. The van der Waals surface area contributed by atoms with Crippen LogP contribution in [0.1, 0.15) is 5.82 Å². The van der Waals surface area contributed by atoms with E-state index in [2.05, 4.69) is 15.7 Å². The van der Waals surface area contributed by atoms with E-state index in [9.17, 15) is 4.79 Å². The minimum Gasteiger partial charge on any atom is -0.331 e. The largest absolute Gasteiger partial charge is 0.333 e. The van der Waals surface area contributed by atoms with E-state index in [1.807, 2.05) is 36.7 Å². The summed E-state index contributed by atoms with van der Waals surface area (Å²) >= 11 is 0. The highest BCUT2D eigenvalue weighted by molar-refractivity contribution is 5.91. The number of aromatic nitrogens is 2. The maximum Gasteiger partial charge on any atom is 0.333 e. The Morgan fingerprint density at radius 3 is 2.78 bits per heavy atom. The van der Waals surface area contributed by atoms with Crippen LogP contribution < -0.4 is 10.7 Å². The zero-order valence-corrected chi connectivity index (χ0v) is 11.0. The number of carbonyl (C=O) groups excluding carboxylic acids is 1. The molecule has 2 amide bonds. The number of anilines is 1. The first-order chi connectivity index (χ1) is 8.47. The first-order valence-electron chi connectivity index (χ1n) is 5.65. The molecule has 2 rings (SSSR count). The number of nitrogens with zero attached hydrogens (tertiary/aromatic N) is 3. The van der Waals surface area contributed by atoms with Gasteiger partial charge in [0.25, 0.3) is 0 Å². The first-order valence-corrected chi connectivity index (χ1v) is 5.65. The number of amides is 2. The summed E-state index contributed by atoms with van der Waals surface area (Å²) in [4.78, 5) is 16.0. The van der Waals surface area contributed by atoms with Crippen LogP contribution in [0.25, 0.3) is 11.0 Å². The lowest BCUT2D eigenvalue weighted by Crippen LogP contribution is -2.39. The van der Waals surface area contributed by atoms with E-state index >= 15 is 0 Å². The van der Waals surface area contributed by atoms with Crippen molar-refractivity contribution in [2.45, 2.75) is 6.92 Å². The first kappa shape index (κ1) is 12.4. The van der Waals surface area contributed by atoms with Crippen molar-refractivity contribution in [3.63, 3.8) is 0 Å². The van der Waals surface area contributed by atoms with Crippen LogP contribution in [0.15, 0.2) is 18.2 Å². The Morgan fingerprint density at radius 2 is 2.11 bits per heavy atom. The van der Waals surface area contributed by atoms with Crippen LogP contribution in [0.2, 0.25) is 0 Å². The smallest absolute Gasteiger partial charge is 0.331 e. The van der Waals surface area contributed by atoms with Crippen molar-refractivity contribution in [3.05, 3.63) is 24.0 Å². The fraction of sp³-hybridized carbons (Fsp3) is 0.333. The Hall–Kier alpha value is -2.08. The Bertz CT molecular complexity index is 587. The van der Waals surface area contributed by atoms with Crippen molar-refractivity contribution in [1.29, 1.82) is 0 Å². The third-order valence-electron chi connectivity index (χ3n) is 2.69. The average molecular weight is 247 g/mol. The van der Waals surface area contributed by atoms with Crippen molar-refractivity contribution in [2.75, 3.05) is 19.4 Å². The highest BCUT2D eigenvalue weighted by Gasteiger charge is 2.07. The fourth-order valence-electron chi connectivity index (χ4n) is 1.76. The molecule has 1 heterocycles. The van der Waals surface area contributed by atoms with E-state index in [1.54, 1.807) is 19.1 Å². The molecular weight excluding hydrogens is 230 g/mol. The minimum absolute atomic E-state index is 0.271. The summed E-state index contributed by atoms with van der Waals surface area (Å²) in [5, 5.41) is 4.34. The lowest BCUT2D eigenvalue weighted by molar-refractivity contribution is 0.224. The molecule has 0 spiro atoms. The van der Waals surface area contributed by atoms with Gasteiger partial charge in [-0.25, -0.2) is 14.8 Å². The van der Waals surface area contributed by atoms with Gasteiger partial charge in [0, 0.05) is 26.8 Å². The molecule has 0 unspecified atom stereocenters. The molecule has 6 nitrogen and oxygen atoms in total. The molecule has 2 N–H and O–H groups in total. The van der Waals surface area contributed by atoms with Crippen molar-refractivity contribution in [1.82, 2.24) is 20.0 Å². The third-order valence-corrected chi connectivity index (χ3v) is 2.69. The molecule has 0 radical (unpaired) electrons. The summed E-state index contributed by atoms with van der Waals surface area (Å²) in [5.41, 5.74) is 5.26. The van der Waals surface area contributed by atoms with Crippen LogP contribution in [0.5, 0.6) is 0 Å². The summed E-state index contributed by atoms with van der Waals surface area (Å²) in [6.07, 6.45) is 0. The van der Waals surface area contributed by atoms with Gasteiger partial charge < -0.3 is 9.88 Å². The van der Waals surface area contributed by atoms with Crippen molar-refractivity contribution in [3.8, 4) is 0 Å². The average Bonchev–Trinajstić information content (AvgIpc) is 2.53. The molecule has 1 aromatic carbocycles. The molecule has 0 atom stereocenters. The molecule has 6 heteroatoms. The van der Waals surface area contributed by atoms with E-state index in [1.165, 1.54) is 0 Å². The van der Waals surface area contributed by atoms with Crippen molar-refractivity contribution in [2.24, 2.45) is 7.05 Å². The topological polar surface area (TPSA) is 62.2 Å². The highest BCUT2D eigenvalue weighted by Crippen LogP contribution is 2.19. The molecular formula is C12H17N5O. The molecule has 0 aliphatic carbocycles. The number of imidazole rings is 1. The van der Waals surface area contributed by atoms with Gasteiger partial charge in [-0.1, -0.05) is 0 Å². The summed E-state index contributed by atoms with van der Waals surface area (Å²) in [5.74, 6) is 0.944. The maximum absolute atomic E-state index is 11.5. The van der Waals surface area contributed by atoms with Crippen LogP contribution >= 0.6 is 0 Å². The summed E-state index contributed by atoms with van der Waals surface area (Å²) < 4.78 is 2.01. The van der Waals surface area contributed by atoms with Crippen molar-refractivity contribution < 1.29 is 4.79 Å². The standard InChI is InChI=1S/C12H17N5O/c1-8-13-10-7-9(5-6-11(10)17(8)4)14-12(18)15-16(2)3/h5-7H,1-4H3,(H2,14,15,18). The van der Waals surface area contributed by atoms with Gasteiger partial charge in [0.05, 0.1) is 11.0 Å². The summed E-state index contributed by atoms with van der Waals surface area (Å²) in [7, 11) is 5.48. The number of aryl methyl sites for hydroxylation is 2. The molecule has 0 aliphatic rings. The lowest BCUT2D eigenvalue weighted by Gasteiger charge is -2.12. The van der Waals surface area contributed by atoms with E-state index in [0.29, 0.717) is 0 Å². The Balaban J connectivity index is 2.23. The molecule has 96 valence electrons. The second-order valence-electron chi connectivity index (χ2n) is 4.38. The van der Waals surface area contributed by atoms with Crippen LogP contribution in [0.4, 0.5) is 10.5 Å². The van der Waals surface area contributed by atoms with Crippen LogP contribution in [-0.4, -0.2) is 34.7 Å². The number of carbonyl (C=O) groups is 1. The number of fused-ring (bicyclic) bond motifs is 1. The molecule has 0 aliphatic heterocycles. The molecule has 1 aromatic heterocycles. The Morgan fingerprint density at radius 1 is 1.39 bits per heavy atom. The van der Waals surface area contributed by atoms with Crippen LogP contribution in [0, 0.1) is 6.92 Å². The molecule has 2 aromatic rings. The molecule has 0 saturated carbocycles. The number of hydrazine groups is 1. The van der Waals surface area contributed by atoms with Gasteiger partial charge in [-0.2, -0.15) is 0 Å². The number of benzene rings is 1. The maximum atomic E-state index is 11.5. The normalized spacial score (nSPS) is 10.9. The van der Waals surface area contributed by atoms with Gasteiger partial charge in [-0.15, -0.1) is 0 Å². The number of hydrogen-bond acceptors (Lipinski definition) is 3. The van der Waals surface area contributed by atoms with Crippen molar-refractivity contribution >= 4 is 22.8 Å². The fourth-order valence-corrected chi connectivity index (χ4v) is 1.76. The number of rotatable bonds is 2. The molecule has 0 fully saturated rings. The number of urea groups is 1. The van der Waals surface area contributed by atoms with E-state index in [4.69, 9.17) is 0 Å². The molecule has 0 saturated heterocycles. The predicted molar refractivity (Wildman–Crippen MR) is 71.3 cm³/mol. The molecule has 18 heavy (non-hydrogen) atoms. The molecule has 0 bridgehead atoms. The quantitative estimate of drug-likeness (QED) is 0.790. The minimum atomic E-state index is -0.271. The SMILES string of the molecule is Cc1nc2cc(NC(=O)NN(C)C)ccc2n1C. The van der Waals surface area contributed by atoms with Gasteiger partial charge in [-0.3, -0.25) is 5.43 Å². The summed E-state index contributed by atoms with van der Waals surface area (Å²) in [6.45, 7) is 1.95. The predicted octanol–water partition coefficient (Wildman–Crippen LogP) is 1.48. The van der Waals surface area contributed by atoms with Crippen LogP contribution in [0.3, 0.4) is 0 Å². The van der Waals surface area contributed by atoms with Gasteiger partial charge >= 0.3 is 6.03 Å². The second kappa shape index (κ2) is 4.66. The second-order valence-corrected chi connectivity index (χ2v) is 4.38. The number of hydrogen-bond donors (Lipinski definition) is 2. The van der Waals surface area contributed by atoms with E-state index in [0.717, 1.165) is 22.5 Å². The Labute approximate surface area is 106 Å². The van der Waals surface area contributed by atoms with Gasteiger partial charge in [0.15, 0.2) is 0 Å². The zero-order valence-electron chi connectivity index (χ0n) is 11.0. The van der Waals surface area contributed by atoms with E-state index < -0.39 is 0 Å². The summed E-state index contributed by atoms with van der Waals surface area (Å²) in [6, 6.07) is 5.39. The highest BCUT2D eigenvalue weighted by atomic mass is 16.2. The lowest BCUT2D eigenvalue weighted by atomic mass is 10.3. The number of nitrogens with one attached hydrogen (secondary N) is 2. The zero-order chi connectivity index (χ0) is 13.3. The monoisotopic (exact) mass is 247 g/mol. The van der Waals surface area contributed by atoms with E-state index in [-0.39, 0.29) is 6.03 Å². The third kappa shape index (κ3) is 2.43. The van der Waals surface area contributed by atoms with Gasteiger partial charge in [0.2, 0.25) is 0 Å². The van der Waals surface area contributed by atoms with Gasteiger partial charge in [-0.05, 0) is 25.1 Å².